The first-order valence-corrected chi connectivity index (χ1v) is 8.35. The van der Waals surface area contributed by atoms with Gasteiger partial charge in [0.25, 0.3) is 0 Å². The number of halogens is 2. The monoisotopic (exact) mass is 375 g/mol. The van der Waals surface area contributed by atoms with Crippen LogP contribution in [0.1, 0.15) is 13.3 Å². The van der Waals surface area contributed by atoms with Crippen LogP contribution in [0.25, 0.3) is 0 Å². The van der Waals surface area contributed by atoms with E-state index in [9.17, 15) is 4.79 Å². The third-order valence-electron chi connectivity index (χ3n) is 4.10. The predicted molar refractivity (Wildman–Crippen MR) is 96.8 cm³/mol. The summed E-state index contributed by atoms with van der Waals surface area (Å²) in [6.07, 6.45) is 0.828. The molecular formula is C16H23Cl2N3O3. The maximum absolute atomic E-state index is 12.3. The van der Waals surface area contributed by atoms with Gasteiger partial charge < -0.3 is 20.1 Å². The van der Waals surface area contributed by atoms with Crippen molar-refractivity contribution in [3.63, 3.8) is 0 Å². The van der Waals surface area contributed by atoms with Crippen LogP contribution in [0, 0.1) is 0 Å². The molecule has 1 amide bonds. The summed E-state index contributed by atoms with van der Waals surface area (Å²) in [4.78, 5) is 14.5. The maximum atomic E-state index is 12.3. The van der Waals surface area contributed by atoms with E-state index in [0.29, 0.717) is 48.0 Å². The van der Waals surface area contributed by atoms with Gasteiger partial charge in [-0.2, -0.15) is 0 Å². The number of benzene rings is 1. The Balaban J connectivity index is 0.00000208. The molecule has 2 aliphatic heterocycles. The van der Waals surface area contributed by atoms with Gasteiger partial charge in [-0.05, 0) is 6.92 Å². The summed E-state index contributed by atoms with van der Waals surface area (Å²) < 4.78 is 11.2. The number of fused-ring (bicyclic) bond motifs is 1. The average molecular weight is 376 g/mol. The molecule has 1 aromatic rings. The van der Waals surface area contributed by atoms with Crippen molar-refractivity contribution in [3.05, 3.63) is 17.2 Å². The quantitative estimate of drug-likeness (QED) is 0.847. The molecule has 2 N–H and O–H groups in total. The molecule has 0 saturated carbocycles. The van der Waals surface area contributed by atoms with Crippen molar-refractivity contribution in [1.29, 1.82) is 0 Å². The Morgan fingerprint density at radius 1 is 1.38 bits per heavy atom. The average Bonchev–Trinajstić information content (AvgIpc) is 2.75. The molecule has 1 aromatic carbocycles. The van der Waals surface area contributed by atoms with E-state index in [1.54, 1.807) is 12.1 Å². The maximum Gasteiger partial charge on any atom is 0.238 e. The number of nitrogens with one attached hydrogen (secondary N) is 2. The van der Waals surface area contributed by atoms with Crippen LogP contribution < -0.4 is 20.1 Å². The number of nitrogens with zero attached hydrogens (tertiary/aromatic N) is 1. The van der Waals surface area contributed by atoms with E-state index in [1.165, 1.54) is 0 Å². The molecule has 0 unspecified atom stereocenters. The van der Waals surface area contributed by atoms with E-state index in [2.05, 4.69) is 22.5 Å². The van der Waals surface area contributed by atoms with Crippen molar-refractivity contribution in [2.75, 3.05) is 44.7 Å². The van der Waals surface area contributed by atoms with Gasteiger partial charge in [-0.15, -0.1) is 12.4 Å². The summed E-state index contributed by atoms with van der Waals surface area (Å²) in [6.45, 7) is 6.34. The lowest BCUT2D eigenvalue weighted by molar-refractivity contribution is -0.118. The largest absolute Gasteiger partial charge is 0.490 e. The zero-order valence-electron chi connectivity index (χ0n) is 13.6. The van der Waals surface area contributed by atoms with E-state index in [4.69, 9.17) is 21.1 Å². The van der Waals surface area contributed by atoms with Crippen molar-refractivity contribution in [3.8, 4) is 11.5 Å². The normalized spacial score (nSPS) is 20.7. The zero-order valence-corrected chi connectivity index (χ0v) is 15.2. The third kappa shape index (κ3) is 4.66. The second-order valence-electron chi connectivity index (χ2n) is 5.90. The van der Waals surface area contributed by atoms with E-state index in [1.807, 2.05) is 0 Å². The second-order valence-corrected chi connectivity index (χ2v) is 6.31. The Hall–Kier alpha value is -1.21. The number of anilines is 1. The van der Waals surface area contributed by atoms with Gasteiger partial charge in [0.15, 0.2) is 11.5 Å². The van der Waals surface area contributed by atoms with Gasteiger partial charge in [-0.3, -0.25) is 9.69 Å². The van der Waals surface area contributed by atoms with Gasteiger partial charge >= 0.3 is 0 Å². The Morgan fingerprint density at radius 2 is 2.08 bits per heavy atom. The van der Waals surface area contributed by atoms with E-state index >= 15 is 0 Å². The van der Waals surface area contributed by atoms with Crippen LogP contribution in [0.2, 0.25) is 5.02 Å². The standard InChI is InChI=1S/C16H22ClN3O3.ClH/c1-11-9-18-3-4-20(11)10-16(21)19-13-8-15-14(7-12(13)17)22-5-2-6-23-15;/h7-8,11,18H,2-6,9-10H2,1H3,(H,19,21);1H/t11-;/m1./s1. The minimum atomic E-state index is -0.0739. The van der Waals surface area contributed by atoms with Crippen molar-refractivity contribution >= 4 is 35.6 Å². The minimum Gasteiger partial charge on any atom is -0.490 e. The fourth-order valence-electron chi connectivity index (χ4n) is 2.77. The van der Waals surface area contributed by atoms with E-state index in [0.717, 1.165) is 26.1 Å². The van der Waals surface area contributed by atoms with Crippen LogP contribution in [0.3, 0.4) is 0 Å². The molecule has 24 heavy (non-hydrogen) atoms. The summed E-state index contributed by atoms with van der Waals surface area (Å²) in [7, 11) is 0. The molecule has 1 atom stereocenters. The highest BCUT2D eigenvalue weighted by Gasteiger charge is 2.21. The highest BCUT2D eigenvalue weighted by atomic mass is 35.5. The van der Waals surface area contributed by atoms with Crippen LogP contribution in [0.15, 0.2) is 12.1 Å². The van der Waals surface area contributed by atoms with Gasteiger partial charge in [-0.25, -0.2) is 0 Å². The van der Waals surface area contributed by atoms with Gasteiger partial charge in [-0.1, -0.05) is 11.6 Å². The number of ether oxygens (including phenoxy) is 2. The molecule has 134 valence electrons. The lowest BCUT2D eigenvalue weighted by atomic mass is 10.2. The highest BCUT2D eigenvalue weighted by molar-refractivity contribution is 6.34. The first-order valence-electron chi connectivity index (χ1n) is 7.97. The summed E-state index contributed by atoms with van der Waals surface area (Å²) in [5, 5.41) is 6.65. The molecule has 1 fully saturated rings. The first kappa shape index (κ1) is 19.1. The fraction of sp³-hybridized carbons (Fsp3) is 0.562. The lowest BCUT2D eigenvalue weighted by Crippen LogP contribution is -2.51. The van der Waals surface area contributed by atoms with E-state index < -0.39 is 0 Å². The first-order chi connectivity index (χ1) is 11.1. The van der Waals surface area contributed by atoms with Crippen LogP contribution in [0.4, 0.5) is 5.69 Å². The molecule has 0 bridgehead atoms. The van der Waals surface area contributed by atoms with Crippen LogP contribution >= 0.6 is 24.0 Å². The van der Waals surface area contributed by atoms with Crippen LogP contribution in [0.5, 0.6) is 11.5 Å². The molecule has 1 saturated heterocycles. The molecule has 6 nitrogen and oxygen atoms in total. The van der Waals surface area contributed by atoms with Gasteiger partial charge in [0.1, 0.15) is 0 Å². The van der Waals surface area contributed by atoms with Gasteiger partial charge in [0.05, 0.1) is 30.5 Å². The number of hydrogen-bond donors (Lipinski definition) is 2. The molecule has 8 heteroatoms. The Morgan fingerprint density at radius 3 is 2.79 bits per heavy atom. The number of rotatable bonds is 3. The third-order valence-corrected chi connectivity index (χ3v) is 4.41. The summed E-state index contributed by atoms with van der Waals surface area (Å²) >= 11 is 6.26. The molecule has 3 rings (SSSR count). The topological polar surface area (TPSA) is 62.8 Å². The SMILES string of the molecule is C[C@@H]1CNCCN1CC(=O)Nc1cc2c(cc1Cl)OCCCO2.Cl. The van der Waals surface area contributed by atoms with Crippen molar-refractivity contribution in [1.82, 2.24) is 10.2 Å². The smallest absolute Gasteiger partial charge is 0.238 e. The molecular weight excluding hydrogens is 353 g/mol. The molecule has 0 spiro atoms. The molecule has 0 radical (unpaired) electrons. The second kappa shape index (κ2) is 8.76. The van der Waals surface area contributed by atoms with E-state index in [-0.39, 0.29) is 18.3 Å². The zero-order chi connectivity index (χ0) is 16.2. The Labute approximate surface area is 153 Å². The summed E-state index contributed by atoms with van der Waals surface area (Å²) in [5.41, 5.74) is 0.559. The highest BCUT2D eigenvalue weighted by Crippen LogP contribution is 2.37. The predicted octanol–water partition coefficient (Wildman–Crippen LogP) is 2.16. The number of hydrogen-bond acceptors (Lipinski definition) is 5. The van der Waals surface area contributed by atoms with Crippen molar-refractivity contribution in [2.24, 2.45) is 0 Å². The van der Waals surface area contributed by atoms with Crippen LogP contribution in [-0.4, -0.2) is 56.2 Å². The number of carbonyl (C=O) groups is 1. The van der Waals surface area contributed by atoms with Gasteiger partial charge in [0, 0.05) is 44.2 Å². The fourth-order valence-corrected chi connectivity index (χ4v) is 2.97. The van der Waals surface area contributed by atoms with Crippen molar-refractivity contribution < 1.29 is 14.3 Å². The van der Waals surface area contributed by atoms with Gasteiger partial charge in [0.2, 0.25) is 5.91 Å². The molecule has 2 aliphatic rings. The lowest BCUT2D eigenvalue weighted by Gasteiger charge is -2.33. The number of amides is 1. The minimum absolute atomic E-state index is 0. The molecule has 2 heterocycles. The molecule has 0 aliphatic carbocycles. The Kier molecular flexibility index (Phi) is 6.98. The van der Waals surface area contributed by atoms with Crippen molar-refractivity contribution in [2.45, 2.75) is 19.4 Å². The summed E-state index contributed by atoms with van der Waals surface area (Å²) in [6, 6.07) is 3.78. The Bertz CT molecular complexity index is 586. The number of carbonyl (C=O) groups excluding carboxylic acids is 1. The molecule has 0 aromatic heterocycles. The summed E-state index contributed by atoms with van der Waals surface area (Å²) in [5.74, 6) is 1.18. The number of piperazine rings is 1. The van der Waals surface area contributed by atoms with Crippen LogP contribution in [-0.2, 0) is 4.79 Å².